The third-order valence-electron chi connectivity index (χ3n) is 5.36. The number of unbranched alkanes of at least 4 members (excludes halogenated alkanes) is 1. The number of hydrogen-bond acceptors (Lipinski definition) is 6. The highest BCUT2D eigenvalue weighted by Crippen LogP contribution is 2.34. The summed E-state index contributed by atoms with van der Waals surface area (Å²) in [7, 11) is 3.19. The second kappa shape index (κ2) is 11.0. The van der Waals surface area contributed by atoms with Crippen LogP contribution < -0.4 is 14.2 Å². The number of methoxy groups -OCH3 is 2. The summed E-state index contributed by atoms with van der Waals surface area (Å²) in [6.07, 6.45) is 3.58. The second-order valence-electron chi connectivity index (χ2n) is 7.59. The van der Waals surface area contributed by atoms with Crippen molar-refractivity contribution in [1.29, 1.82) is 0 Å². The first-order valence-electron chi connectivity index (χ1n) is 10.7. The van der Waals surface area contributed by atoms with Gasteiger partial charge in [0.1, 0.15) is 31.1 Å². The van der Waals surface area contributed by atoms with E-state index >= 15 is 0 Å². The smallest absolute Gasteiger partial charge is 0.190 e. The molecule has 2 aromatic carbocycles. The molecule has 0 fully saturated rings. The van der Waals surface area contributed by atoms with Gasteiger partial charge in [0.15, 0.2) is 17.3 Å². The quantitative estimate of drug-likeness (QED) is 0.516. The van der Waals surface area contributed by atoms with E-state index in [0.717, 1.165) is 35.3 Å². The van der Waals surface area contributed by atoms with Crippen molar-refractivity contribution < 1.29 is 23.7 Å². The van der Waals surface area contributed by atoms with Gasteiger partial charge in [-0.3, -0.25) is 9.79 Å². The van der Waals surface area contributed by atoms with E-state index in [1.807, 2.05) is 43.3 Å². The first kappa shape index (κ1) is 22.8. The first-order valence-corrected chi connectivity index (χ1v) is 10.7. The largest absolute Gasteiger partial charge is 0.496 e. The van der Waals surface area contributed by atoms with Crippen LogP contribution in [0.5, 0.6) is 17.2 Å². The van der Waals surface area contributed by atoms with E-state index in [1.165, 1.54) is 0 Å². The van der Waals surface area contributed by atoms with Crippen molar-refractivity contribution in [3.63, 3.8) is 0 Å². The van der Waals surface area contributed by atoms with Crippen molar-refractivity contribution in [3.05, 3.63) is 53.1 Å². The van der Waals surface area contributed by atoms with Gasteiger partial charge < -0.3 is 18.9 Å². The molecule has 2 unspecified atom stereocenters. The van der Waals surface area contributed by atoms with Crippen molar-refractivity contribution >= 4 is 12.0 Å². The lowest BCUT2D eigenvalue weighted by Gasteiger charge is -2.22. The van der Waals surface area contributed by atoms with Gasteiger partial charge in [-0.1, -0.05) is 38.0 Å². The van der Waals surface area contributed by atoms with E-state index in [4.69, 9.17) is 18.9 Å². The zero-order chi connectivity index (χ0) is 22.2. The Labute approximate surface area is 184 Å². The molecule has 0 N–H and O–H groups in total. The molecule has 2 atom stereocenters. The van der Waals surface area contributed by atoms with Gasteiger partial charge in [-0.25, -0.2) is 0 Å². The SMILES string of the molecule is CCCCC(/N=C/c1ccc(C)c(OC)c1)C(=O)C(OC)c1ccc2c(c1)OCCO2. The average molecular weight is 426 g/mol. The van der Waals surface area contributed by atoms with E-state index in [9.17, 15) is 4.79 Å². The highest BCUT2D eigenvalue weighted by Gasteiger charge is 2.28. The molecule has 6 heteroatoms. The number of benzene rings is 2. The third kappa shape index (κ3) is 5.64. The number of carbonyl (C=O) groups excluding carboxylic acids is 1. The average Bonchev–Trinajstić information content (AvgIpc) is 2.80. The summed E-state index contributed by atoms with van der Waals surface area (Å²) in [5.74, 6) is 2.06. The number of ketones is 1. The van der Waals surface area contributed by atoms with Gasteiger partial charge in [-0.2, -0.15) is 0 Å². The van der Waals surface area contributed by atoms with E-state index in [0.29, 0.717) is 31.1 Å². The van der Waals surface area contributed by atoms with E-state index < -0.39 is 12.1 Å². The Morgan fingerprint density at radius 2 is 1.90 bits per heavy atom. The van der Waals surface area contributed by atoms with E-state index in [2.05, 4.69) is 11.9 Å². The molecule has 0 aromatic heterocycles. The van der Waals surface area contributed by atoms with Crippen LogP contribution in [0.15, 0.2) is 41.4 Å². The number of carbonyl (C=O) groups is 1. The Balaban J connectivity index is 1.83. The van der Waals surface area contributed by atoms with Gasteiger partial charge in [-0.15, -0.1) is 0 Å². The molecule has 166 valence electrons. The van der Waals surface area contributed by atoms with Crippen LogP contribution in [0.25, 0.3) is 0 Å². The van der Waals surface area contributed by atoms with Crippen LogP contribution >= 0.6 is 0 Å². The Morgan fingerprint density at radius 3 is 2.61 bits per heavy atom. The maximum Gasteiger partial charge on any atom is 0.190 e. The topological polar surface area (TPSA) is 66.4 Å². The normalized spacial score (nSPS) is 15.0. The molecule has 2 aromatic rings. The molecule has 3 rings (SSSR count). The third-order valence-corrected chi connectivity index (χ3v) is 5.36. The lowest BCUT2D eigenvalue weighted by molar-refractivity contribution is -0.130. The molecule has 0 amide bonds. The van der Waals surface area contributed by atoms with Gasteiger partial charge in [-0.05, 0) is 48.2 Å². The Hall–Kier alpha value is -2.86. The van der Waals surface area contributed by atoms with Crippen molar-refractivity contribution in [2.75, 3.05) is 27.4 Å². The lowest BCUT2D eigenvalue weighted by Crippen LogP contribution is -2.27. The molecule has 1 aliphatic rings. The summed E-state index contributed by atoms with van der Waals surface area (Å²) in [6.45, 7) is 5.11. The molecule has 1 aliphatic heterocycles. The van der Waals surface area contributed by atoms with Crippen LogP contribution in [0, 0.1) is 6.92 Å². The van der Waals surface area contributed by atoms with Gasteiger partial charge in [0.25, 0.3) is 0 Å². The van der Waals surface area contributed by atoms with Crippen LogP contribution in [0.2, 0.25) is 0 Å². The van der Waals surface area contributed by atoms with Crippen LogP contribution in [-0.2, 0) is 9.53 Å². The number of nitrogens with zero attached hydrogens (tertiary/aromatic N) is 1. The minimum Gasteiger partial charge on any atom is -0.496 e. The molecular formula is C25H31NO5. The molecule has 0 bridgehead atoms. The number of Topliss-reactive ketones (excluding diaryl/α,β-unsaturated/α-hetero) is 1. The number of hydrogen-bond donors (Lipinski definition) is 0. The summed E-state index contributed by atoms with van der Waals surface area (Å²) in [4.78, 5) is 18.1. The molecular weight excluding hydrogens is 394 g/mol. The van der Waals surface area contributed by atoms with E-state index in [1.54, 1.807) is 20.4 Å². The fourth-order valence-electron chi connectivity index (χ4n) is 3.59. The Kier molecular flexibility index (Phi) is 8.06. The summed E-state index contributed by atoms with van der Waals surface area (Å²) < 4.78 is 22.3. The Bertz CT molecular complexity index is 924. The molecule has 0 saturated carbocycles. The molecule has 0 radical (unpaired) electrons. The number of ether oxygens (including phenoxy) is 4. The highest BCUT2D eigenvalue weighted by atomic mass is 16.6. The molecule has 6 nitrogen and oxygen atoms in total. The monoisotopic (exact) mass is 425 g/mol. The fraction of sp³-hybridized carbons (Fsp3) is 0.440. The molecule has 0 spiro atoms. The maximum atomic E-state index is 13.4. The minimum absolute atomic E-state index is 0.0667. The number of aliphatic imine (C=N–C) groups is 1. The predicted molar refractivity (Wildman–Crippen MR) is 121 cm³/mol. The summed E-state index contributed by atoms with van der Waals surface area (Å²) in [5.41, 5.74) is 2.69. The number of aryl methyl sites for hydroxylation is 1. The van der Waals surface area contributed by atoms with Crippen LogP contribution in [0.3, 0.4) is 0 Å². The van der Waals surface area contributed by atoms with E-state index in [-0.39, 0.29) is 5.78 Å². The number of fused-ring (bicyclic) bond motifs is 1. The lowest BCUT2D eigenvalue weighted by atomic mass is 9.96. The summed E-state index contributed by atoms with van der Waals surface area (Å²) >= 11 is 0. The standard InChI is InChI=1S/C25H31NO5/c1-5-6-7-20(26-16-18-9-8-17(2)22(14-18)28-3)24(27)25(29-4)19-10-11-21-23(15-19)31-13-12-30-21/h8-11,14-16,20,25H,5-7,12-13H2,1-4H3/b26-16+. The zero-order valence-corrected chi connectivity index (χ0v) is 18.7. The molecule has 0 aliphatic carbocycles. The van der Waals surface area contributed by atoms with Gasteiger partial charge in [0, 0.05) is 13.3 Å². The van der Waals surface area contributed by atoms with Crippen LogP contribution in [0.1, 0.15) is 49.0 Å². The first-order chi connectivity index (χ1) is 15.1. The predicted octanol–water partition coefficient (Wildman–Crippen LogP) is 4.71. The second-order valence-corrected chi connectivity index (χ2v) is 7.59. The van der Waals surface area contributed by atoms with Crippen molar-refractivity contribution in [2.24, 2.45) is 4.99 Å². The van der Waals surface area contributed by atoms with Gasteiger partial charge >= 0.3 is 0 Å². The maximum absolute atomic E-state index is 13.4. The molecule has 0 saturated heterocycles. The summed E-state index contributed by atoms with van der Waals surface area (Å²) in [6, 6.07) is 10.9. The highest BCUT2D eigenvalue weighted by molar-refractivity contribution is 5.92. The fourth-order valence-corrected chi connectivity index (χ4v) is 3.59. The van der Waals surface area contributed by atoms with Crippen LogP contribution in [0.4, 0.5) is 0 Å². The van der Waals surface area contributed by atoms with Crippen molar-refractivity contribution in [1.82, 2.24) is 0 Å². The molecule has 31 heavy (non-hydrogen) atoms. The van der Waals surface area contributed by atoms with Gasteiger partial charge in [0.2, 0.25) is 0 Å². The summed E-state index contributed by atoms with van der Waals surface area (Å²) in [5, 5.41) is 0. The van der Waals surface area contributed by atoms with Crippen molar-refractivity contribution in [3.8, 4) is 17.2 Å². The molecule has 1 heterocycles. The Morgan fingerprint density at radius 1 is 1.13 bits per heavy atom. The van der Waals surface area contributed by atoms with Crippen molar-refractivity contribution in [2.45, 2.75) is 45.3 Å². The van der Waals surface area contributed by atoms with Gasteiger partial charge in [0.05, 0.1) is 7.11 Å². The number of rotatable bonds is 10. The zero-order valence-electron chi connectivity index (χ0n) is 18.7. The minimum atomic E-state index is -0.720. The van der Waals surface area contributed by atoms with Crippen LogP contribution in [-0.4, -0.2) is 45.5 Å².